The van der Waals surface area contributed by atoms with E-state index in [0.29, 0.717) is 22.2 Å². The first-order valence-electron chi connectivity index (χ1n) is 8.41. The van der Waals surface area contributed by atoms with Crippen molar-refractivity contribution < 1.29 is 0 Å². The Kier molecular flexibility index (Phi) is 7.75. The smallest absolute Gasteiger partial charge is 0.307 e. The highest BCUT2D eigenvalue weighted by atomic mass is 24.3. The monoisotopic (exact) mass is 308 g/mol. The quantitative estimate of drug-likeness (QED) is 0.667. The van der Waals surface area contributed by atoms with Gasteiger partial charge in [-0.3, -0.25) is 0 Å². The first-order chi connectivity index (χ1) is 8.83. The predicted octanol–water partition coefficient (Wildman–Crippen LogP) is 3.72. The van der Waals surface area contributed by atoms with Crippen LogP contribution in [0.3, 0.4) is 0 Å². The zero-order valence-corrected chi connectivity index (χ0v) is 15.2. The van der Waals surface area contributed by atoms with Gasteiger partial charge in [-0.15, -0.1) is 0 Å². The summed E-state index contributed by atoms with van der Waals surface area (Å²) < 4.78 is 0. The summed E-state index contributed by atoms with van der Waals surface area (Å²) in [5.41, 5.74) is 1.45. The van der Waals surface area contributed by atoms with Crippen molar-refractivity contribution in [2.24, 2.45) is 0 Å². The maximum Gasteiger partial charge on any atom is 0.316 e. The maximum absolute atomic E-state index is 3.63. The van der Waals surface area contributed by atoms with Gasteiger partial charge in [0.1, 0.15) is 0 Å². The molecule has 2 N–H and O–H groups in total. The SMILES string of the molecule is CC1(C)CCCC(C)(C)N1.CC1(C)CCCC(C)(C)N1.[MgH2]. The van der Waals surface area contributed by atoms with Crippen molar-refractivity contribution in [1.82, 2.24) is 10.6 Å². The van der Waals surface area contributed by atoms with Crippen LogP contribution in [0, 0.1) is 0 Å². The van der Waals surface area contributed by atoms with E-state index in [-0.39, 0.29) is 23.1 Å². The van der Waals surface area contributed by atoms with E-state index in [1.54, 1.807) is 0 Å². The Labute approximate surface area is 149 Å². The van der Waals surface area contributed by atoms with E-state index in [0.717, 1.165) is 0 Å². The van der Waals surface area contributed by atoms with Crippen LogP contribution in [0.5, 0.6) is 0 Å². The lowest BCUT2D eigenvalue weighted by Crippen LogP contribution is -2.55. The first kappa shape index (κ1) is 21.7. The molecule has 0 aliphatic carbocycles. The number of piperidine rings is 2. The second kappa shape index (κ2) is 7.50. The molecule has 0 aromatic rings. The molecule has 0 unspecified atom stereocenters. The van der Waals surface area contributed by atoms with Crippen LogP contribution >= 0.6 is 0 Å². The predicted molar refractivity (Wildman–Crippen MR) is 98.8 cm³/mol. The zero-order chi connectivity index (χ0) is 15.7. The third kappa shape index (κ3) is 8.78. The van der Waals surface area contributed by atoms with Crippen LogP contribution in [0.1, 0.15) is 93.9 Å². The molecule has 3 heteroatoms. The average Bonchev–Trinajstić information content (AvgIpc) is 2.09. The highest BCUT2D eigenvalue weighted by Gasteiger charge is 2.32. The molecule has 2 saturated heterocycles. The molecule has 0 saturated carbocycles. The molecule has 0 aromatic heterocycles. The summed E-state index contributed by atoms with van der Waals surface area (Å²) in [6.07, 6.45) is 8.00. The normalized spacial score (nSPS) is 28.6. The maximum atomic E-state index is 3.63. The molecule has 0 radical (unpaired) electrons. The molecule has 2 heterocycles. The van der Waals surface area contributed by atoms with Crippen molar-refractivity contribution >= 4 is 23.1 Å². The minimum Gasteiger partial charge on any atom is -0.307 e. The third-order valence-corrected chi connectivity index (χ3v) is 4.56. The van der Waals surface area contributed by atoms with Crippen molar-refractivity contribution in [3.63, 3.8) is 0 Å². The van der Waals surface area contributed by atoms with E-state index in [4.69, 9.17) is 0 Å². The van der Waals surface area contributed by atoms with Gasteiger partial charge < -0.3 is 10.6 Å². The first-order valence-corrected chi connectivity index (χ1v) is 8.41. The average molecular weight is 309 g/mol. The van der Waals surface area contributed by atoms with Gasteiger partial charge >= 0.3 is 23.1 Å². The van der Waals surface area contributed by atoms with Gasteiger partial charge in [-0.2, -0.15) is 0 Å². The van der Waals surface area contributed by atoms with Crippen LogP contribution in [0.25, 0.3) is 0 Å². The van der Waals surface area contributed by atoms with Gasteiger partial charge in [0.05, 0.1) is 0 Å². The fraction of sp³-hybridized carbons (Fsp3) is 1.00. The minimum atomic E-state index is 0. The molecule has 0 bridgehead atoms. The topological polar surface area (TPSA) is 24.1 Å². The Hall–Kier alpha value is 0.686. The second-order valence-corrected chi connectivity index (χ2v) is 9.49. The Morgan fingerprint density at radius 2 is 0.667 bits per heavy atom. The van der Waals surface area contributed by atoms with E-state index in [2.05, 4.69) is 66.0 Å². The fourth-order valence-corrected chi connectivity index (χ4v) is 4.03. The largest absolute Gasteiger partial charge is 0.316 e. The van der Waals surface area contributed by atoms with Gasteiger partial charge in [0.2, 0.25) is 0 Å². The molecule has 0 amide bonds. The zero-order valence-electron chi connectivity index (χ0n) is 15.2. The summed E-state index contributed by atoms with van der Waals surface area (Å²) in [5, 5.41) is 7.26. The number of rotatable bonds is 0. The molecule has 0 spiro atoms. The summed E-state index contributed by atoms with van der Waals surface area (Å²) in [7, 11) is 0. The Morgan fingerprint density at radius 1 is 0.476 bits per heavy atom. The summed E-state index contributed by atoms with van der Waals surface area (Å²) in [6.45, 7) is 18.3. The van der Waals surface area contributed by atoms with Crippen molar-refractivity contribution in [3.8, 4) is 0 Å². The minimum absolute atomic E-state index is 0. The van der Waals surface area contributed by atoms with Crippen molar-refractivity contribution in [2.45, 2.75) is 116 Å². The van der Waals surface area contributed by atoms with Gasteiger partial charge in [-0.25, -0.2) is 0 Å². The number of hydrogen-bond donors (Lipinski definition) is 2. The van der Waals surface area contributed by atoms with Crippen LogP contribution in [0.4, 0.5) is 0 Å². The molecule has 0 aromatic carbocycles. The summed E-state index contributed by atoms with van der Waals surface area (Å²) in [6, 6.07) is 0. The van der Waals surface area contributed by atoms with E-state index in [9.17, 15) is 0 Å². The van der Waals surface area contributed by atoms with Gasteiger partial charge in [-0.1, -0.05) is 0 Å². The highest BCUT2D eigenvalue weighted by Crippen LogP contribution is 2.28. The van der Waals surface area contributed by atoms with E-state index < -0.39 is 0 Å². The van der Waals surface area contributed by atoms with Gasteiger partial charge in [0.25, 0.3) is 0 Å². The molecule has 0 atom stereocenters. The molecule has 2 fully saturated rings. The van der Waals surface area contributed by atoms with Crippen LogP contribution in [0.15, 0.2) is 0 Å². The lowest BCUT2D eigenvalue weighted by Gasteiger charge is -2.42. The van der Waals surface area contributed by atoms with Gasteiger partial charge in [-0.05, 0) is 93.9 Å². The second-order valence-electron chi connectivity index (χ2n) is 9.49. The van der Waals surface area contributed by atoms with Crippen LogP contribution in [-0.4, -0.2) is 45.2 Å². The molecule has 2 nitrogen and oxygen atoms in total. The lowest BCUT2D eigenvalue weighted by molar-refractivity contribution is 0.182. The van der Waals surface area contributed by atoms with Crippen LogP contribution in [-0.2, 0) is 0 Å². The van der Waals surface area contributed by atoms with Crippen LogP contribution in [0.2, 0.25) is 0 Å². The lowest BCUT2D eigenvalue weighted by atomic mass is 9.83. The summed E-state index contributed by atoms with van der Waals surface area (Å²) >= 11 is 0. The standard InChI is InChI=1S/2C9H19N.Mg.2H/c2*1-8(2)6-5-7-9(3,4)10-8;;;/h2*10H,5-7H2,1-4H3;;;. The Bertz CT molecular complexity index is 259. The summed E-state index contributed by atoms with van der Waals surface area (Å²) in [5.74, 6) is 0. The van der Waals surface area contributed by atoms with E-state index in [1.807, 2.05) is 0 Å². The Morgan fingerprint density at radius 3 is 0.762 bits per heavy atom. The Balaban J connectivity index is 0.000000364. The van der Waals surface area contributed by atoms with Crippen LogP contribution < -0.4 is 10.6 Å². The molecule has 2 aliphatic heterocycles. The fourth-order valence-electron chi connectivity index (χ4n) is 4.03. The third-order valence-electron chi connectivity index (χ3n) is 4.56. The molecule has 124 valence electrons. The summed E-state index contributed by atoms with van der Waals surface area (Å²) in [4.78, 5) is 0. The molecular formula is C18H40MgN2. The number of nitrogens with one attached hydrogen (secondary N) is 2. The van der Waals surface area contributed by atoms with E-state index >= 15 is 0 Å². The van der Waals surface area contributed by atoms with Crippen molar-refractivity contribution in [2.75, 3.05) is 0 Å². The molecule has 2 aliphatic rings. The molecular weight excluding hydrogens is 269 g/mol. The molecule has 2 rings (SSSR count). The van der Waals surface area contributed by atoms with E-state index in [1.165, 1.54) is 38.5 Å². The van der Waals surface area contributed by atoms with Crippen molar-refractivity contribution in [1.29, 1.82) is 0 Å². The van der Waals surface area contributed by atoms with Gasteiger partial charge in [0, 0.05) is 22.2 Å². The highest BCUT2D eigenvalue weighted by molar-refractivity contribution is 5.75. The van der Waals surface area contributed by atoms with Gasteiger partial charge in [0.15, 0.2) is 0 Å². The molecule has 21 heavy (non-hydrogen) atoms. The van der Waals surface area contributed by atoms with Crippen molar-refractivity contribution in [3.05, 3.63) is 0 Å². The number of hydrogen-bond acceptors (Lipinski definition) is 2.